The second-order valence-electron chi connectivity index (χ2n) is 9.99. The first-order valence-electron chi connectivity index (χ1n) is 13.3. The van der Waals surface area contributed by atoms with Crippen LogP contribution in [-0.2, 0) is 4.74 Å². The fourth-order valence-corrected chi connectivity index (χ4v) is 4.69. The first-order chi connectivity index (χ1) is 19.0. The van der Waals surface area contributed by atoms with Crippen molar-refractivity contribution >= 4 is 17.4 Å². The SMILES string of the molecule is Cc1cc(-c2cnn3c(NCCN4CCOCC4)cc(Oc4ccc(F)cc4)nc23)ccc1C(=O)NC1CC1.[HH]. The number of rotatable bonds is 9. The Morgan fingerprint density at radius 2 is 1.95 bits per heavy atom. The van der Waals surface area contributed by atoms with Crippen LogP contribution >= 0.6 is 0 Å². The number of nitrogens with one attached hydrogen (secondary N) is 2. The normalized spacial score (nSPS) is 15.8. The summed E-state index contributed by atoms with van der Waals surface area (Å²) < 4.78 is 26.7. The number of hydrogen-bond acceptors (Lipinski definition) is 7. The van der Waals surface area contributed by atoms with Gasteiger partial charge in [0, 0.05) is 50.8 Å². The molecule has 2 aliphatic rings. The summed E-state index contributed by atoms with van der Waals surface area (Å²) in [6.45, 7) is 6.81. The van der Waals surface area contributed by atoms with E-state index >= 15 is 0 Å². The third kappa shape index (κ3) is 5.86. The highest BCUT2D eigenvalue weighted by molar-refractivity contribution is 5.97. The summed E-state index contributed by atoms with van der Waals surface area (Å²) in [5.74, 6) is 1.20. The number of fused-ring (bicyclic) bond motifs is 1. The van der Waals surface area contributed by atoms with Crippen LogP contribution in [0.5, 0.6) is 11.6 Å². The Bertz CT molecular complexity index is 1490. The number of carbonyl (C=O) groups is 1. The zero-order valence-corrected chi connectivity index (χ0v) is 21.8. The van der Waals surface area contributed by atoms with Crippen LogP contribution in [0.3, 0.4) is 0 Å². The minimum absolute atomic E-state index is 0. The Morgan fingerprint density at radius 3 is 2.69 bits per heavy atom. The Morgan fingerprint density at radius 1 is 1.15 bits per heavy atom. The fraction of sp³-hybridized carbons (Fsp3) is 0.345. The van der Waals surface area contributed by atoms with E-state index < -0.39 is 0 Å². The van der Waals surface area contributed by atoms with E-state index in [1.54, 1.807) is 28.9 Å². The maximum absolute atomic E-state index is 13.4. The first kappa shape index (κ1) is 25.3. The van der Waals surface area contributed by atoms with E-state index in [0.29, 0.717) is 35.4 Å². The minimum atomic E-state index is -0.334. The number of nitrogens with zero attached hydrogens (tertiary/aromatic N) is 4. The van der Waals surface area contributed by atoms with Gasteiger partial charge in [0.2, 0.25) is 5.88 Å². The number of ether oxygens (including phenoxy) is 2. The van der Waals surface area contributed by atoms with Gasteiger partial charge in [0.1, 0.15) is 17.4 Å². The number of hydrogen-bond donors (Lipinski definition) is 2. The molecule has 0 atom stereocenters. The summed E-state index contributed by atoms with van der Waals surface area (Å²) in [5, 5.41) is 11.2. The van der Waals surface area contributed by atoms with Crippen molar-refractivity contribution in [2.45, 2.75) is 25.8 Å². The zero-order chi connectivity index (χ0) is 26.8. The van der Waals surface area contributed by atoms with Gasteiger partial charge in [-0.3, -0.25) is 9.69 Å². The number of morpholine rings is 1. The molecule has 1 saturated carbocycles. The minimum Gasteiger partial charge on any atom is -0.439 e. The van der Waals surface area contributed by atoms with Crippen LogP contribution < -0.4 is 15.4 Å². The molecule has 6 rings (SSSR count). The maximum atomic E-state index is 13.4. The van der Waals surface area contributed by atoms with Crippen LogP contribution in [0, 0.1) is 12.7 Å². The first-order valence-corrected chi connectivity index (χ1v) is 13.3. The van der Waals surface area contributed by atoms with Gasteiger partial charge in [0.25, 0.3) is 5.91 Å². The van der Waals surface area contributed by atoms with Gasteiger partial charge in [-0.25, -0.2) is 4.39 Å². The van der Waals surface area contributed by atoms with E-state index in [1.807, 2.05) is 25.1 Å². The predicted molar refractivity (Wildman–Crippen MR) is 148 cm³/mol. The molecule has 0 spiro atoms. The van der Waals surface area contributed by atoms with Crippen molar-refractivity contribution in [1.29, 1.82) is 0 Å². The lowest BCUT2D eigenvalue weighted by atomic mass is 10.0. The Hall–Kier alpha value is -4.02. The lowest BCUT2D eigenvalue weighted by molar-refractivity contribution is 0.0398. The largest absolute Gasteiger partial charge is 0.439 e. The molecular weight excluding hydrogens is 499 g/mol. The van der Waals surface area contributed by atoms with Crippen molar-refractivity contribution in [2.24, 2.45) is 0 Å². The third-order valence-electron chi connectivity index (χ3n) is 7.02. The van der Waals surface area contributed by atoms with Crippen LogP contribution in [0.4, 0.5) is 10.2 Å². The van der Waals surface area contributed by atoms with Gasteiger partial charge in [-0.1, -0.05) is 12.1 Å². The molecule has 1 aliphatic heterocycles. The van der Waals surface area contributed by atoms with Crippen molar-refractivity contribution in [3.63, 3.8) is 0 Å². The van der Waals surface area contributed by atoms with Gasteiger partial charge in [0.05, 0.1) is 19.4 Å². The lowest BCUT2D eigenvalue weighted by Crippen LogP contribution is -2.39. The van der Waals surface area contributed by atoms with Gasteiger partial charge in [0.15, 0.2) is 5.65 Å². The van der Waals surface area contributed by atoms with Gasteiger partial charge in [-0.05, 0) is 61.2 Å². The van der Waals surface area contributed by atoms with Gasteiger partial charge in [-0.15, -0.1) is 0 Å². The summed E-state index contributed by atoms with van der Waals surface area (Å²) >= 11 is 0. The molecule has 2 N–H and O–H groups in total. The maximum Gasteiger partial charge on any atom is 0.251 e. The van der Waals surface area contributed by atoms with Gasteiger partial charge in [-0.2, -0.15) is 14.6 Å². The molecule has 2 aromatic carbocycles. The second kappa shape index (κ2) is 11.0. The van der Waals surface area contributed by atoms with Crippen LogP contribution in [-0.4, -0.2) is 70.8 Å². The predicted octanol–water partition coefficient (Wildman–Crippen LogP) is 4.52. The molecule has 3 heterocycles. The Balaban J connectivity index is 0.00000323. The molecule has 204 valence electrons. The molecule has 0 radical (unpaired) electrons. The highest BCUT2D eigenvalue weighted by Crippen LogP contribution is 2.31. The standard InChI is InChI=1S/C29H31FN6O3.H2/c1-19-16-20(2-9-24(19)29(37)33-22-5-6-22)25-18-32-36-26(31-10-11-35-12-14-38-15-13-35)17-27(34-28(25)36)39-23-7-3-21(30)4-8-23;/h2-4,7-9,16-18,22,31H,5-6,10-15H2,1H3,(H,33,37);1H. The molecule has 1 aliphatic carbocycles. The van der Waals surface area contributed by atoms with Gasteiger partial charge >= 0.3 is 0 Å². The molecule has 4 aromatic rings. The molecule has 2 fully saturated rings. The number of halogens is 1. The van der Waals surface area contributed by atoms with E-state index in [1.165, 1.54) is 12.1 Å². The second-order valence-corrected chi connectivity index (χ2v) is 9.99. The molecule has 1 amide bonds. The number of aromatic nitrogens is 3. The molecule has 9 nitrogen and oxygen atoms in total. The third-order valence-corrected chi connectivity index (χ3v) is 7.02. The highest BCUT2D eigenvalue weighted by atomic mass is 19.1. The van der Waals surface area contributed by atoms with Crippen molar-refractivity contribution < 1.29 is 20.1 Å². The van der Waals surface area contributed by atoms with E-state index in [0.717, 1.165) is 68.2 Å². The van der Waals surface area contributed by atoms with Crippen LogP contribution in [0.1, 0.15) is 30.2 Å². The lowest BCUT2D eigenvalue weighted by Gasteiger charge is -2.26. The van der Waals surface area contributed by atoms with Crippen molar-refractivity contribution in [3.05, 3.63) is 71.7 Å². The summed E-state index contributed by atoms with van der Waals surface area (Å²) in [6, 6.07) is 13.7. The summed E-state index contributed by atoms with van der Waals surface area (Å²) in [7, 11) is 0. The Kier molecular flexibility index (Phi) is 7.12. The number of aryl methyl sites for hydroxylation is 1. The van der Waals surface area contributed by atoms with Crippen LogP contribution in [0.25, 0.3) is 16.8 Å². The number of anilines is 1. The molecular formula is C29H33FN6O3. The quantitative estimate of drug-likeness (QED) is 0.327. The topological polar surface area (TPSA) is 93.0 Å². The highest BCUT2D eigenvalue weighted by Gasteiger charge is 2.24. The fourth-order valence-electron chi connectivity index (χ4n) is 4.69. The summed E-state index contributed by atoms with van der Waals surface area (Å²) in [6.07, 6.45) is 3.86. The average Bonchev–Trinajstić information content (AvgIpc) is 3.65. The molecule has 0 bridgehead atoms. The van der Waals surface area contributed by atoms with Crippen LogP contribution in [0.2, 0.25) is 0 Å². The van der Waals surface area contributed by atoms with Crippen molar-refractivity contribution in [2.75, 3.05) is 44.7 Å². The van der Waals surface area contributed by atoms with Crippen LogP contribution in [0.15, 0.2) is 54.7 Å². The average molecular weight is 533 g/mol. The number of carbonyl (C=O) groups excluding carboxylic acids is 1. The van der Waals surface area contributed by atoms with Crippen molar-refractivity contribution in [1.82, 2.24) is 24.8 Å². The van der Waals surface area contributed by atoms with E-state index in [9.17, 15) is 9.18 Å². The van der Waals surface area contributed by atoms with Gasteiger partial charge < -0.3 is 20.1 Å². The van der Waals surface area contributed by atoms with E-state index in [2.05, 4.69) is 20.6 Å². The molecule has 10 heteroatoms. The van der Waals surface area contributed by atoms with E-state index in [-0.39, 0.29) is 13.2 Å². The molecule has 1 saturated heterocycles. The summed E-state index contributed by atoms with van der Waals surface area (Å²) in [5.41, 5.74) is 3.87. The molecule has 0 unspecified atom stereocenters. The smallest absolute Gasteiger partial charge is 0.251 e. The Labute approximate surface area is 227 Å². The monoisotopic (exact) mass is 532 g/mol. The number of benzene rings is 2. The van der Waals surface area contributed by atoms with E-state index in [4.69, 9.17) is 14.5 Å². The molecule has 39 heavy (non-hydrogen) atoms. The van der Waals surface area contributed by atoms with Crippen molar-refractivity contribution in [3.8, 4) is 22.8 Å². The summed E-state index contributed by atoms with van der Waals surface area (Å²) in [4.78, 5) is 19.7. The zero-order valence-electron chi connectivity index (χ0n) is 21.8. The number of amides is 1. The molecule has 2 aromatic heterocycles.